The highest BCUT2D eigenvalue weighted by Gasteiger charge is 2.26. The van der Waals surface area contributed by atoms with Gasteiger partial charge < -0.3 is 10.5 Å². The molecular weight excluding hydrogens is 194 g/mol. The van der Waals surface area contributed by atoms with E-state index in [-0.39, 0.29) is 5.97 Å². The molecule has 0 fully saturated rings. The molecule has 2 N–H and O–H groups in total. The van der Waals surface area contributed by atoms with E-state index in [1.807, 2.05) is 20.8 Å². The molecule has 0 rings (SSSR count). The first-order valence-electron chi connectivity index (χ1n) is 5.00. The summed E-state index contributed by atoms with van der Waals surface area (Å²) in [5, 5.41) is 0. The van der Waals surface area contributed by atoms with E-state index in [0.29, 0.717) is 0 Å². The lowest BCUT2D eigenvalue weighted by atomic mass is 10.2. The van der Waals surface area contributed by atoms with Crippen molar-refractivity contribution >= 4 is 14.0 Å². The Morgan fingerprint density at radius 2 is 1.79 bits per heavy atom. The lowest BCUT2D eigenvalue weighted by Crippen LogP contribution is -2.42. The Morgan fingerprint density at radius 3 is 2.07 bits per heavy atom. The molecule has 4 heteroatoms. The van der Waals surface area contributed by atoms with Crippen LogP contribution in [-0.4, -0.2) is 25.7 Å². The van der Waals surface area contributed by atoms with Gasteiger partial charge in [-0.3, -0.25) is 4.79 Å². The molecule has 0 saturated carbocycles. The average Bonchev–Trinajstić information content (AvgIpc) is 1.78. The number of rotatable bonds is 3. The Kier molecular flexibility index (Phi) is 4.33. The molecule has 0 spiro atoms. The third kappa shape index (κ3) is 7.09. The van der Waals surface area contributed by atoms with Crippen LogP contribution in [0.3, 0.4) is 0 Å². The maximum Gasteiger partial charge on any atom is 0.323 e. The van der Waals surface area contributed by atoms with Crippen LogP contribution < -0.4 is 5.73 Å². The van der Waals surface area contributed by atoms with Gasteiger partial charge in [0, 0.05) is 8.07 Å². The van der Waals surface area contributed by atoms with Gasteiger partial charge in [0.1, 0.15) is 11.6 Å². The number of nitrogens with two attached hydrogens (primary N) is 1. The van der Waals surface area contributed by atoms with Gasteiger partial charge in [-0.25, -0.2) is 0 Å². The molecule has 0 aliphatic carbocycles. The molecule has 0 aromatic heterocycles. The Labute approximate surface area is 88.0 Å². The van der Waals surface area contributed by atoms with Crippen LogP contribution in [0.5, 0.6) is 0 Å². The van der Waals surface area contributed by atoms with E-state index >= 15 is 0 Å². The second kappa shape index (κ2) is 4.44. The van der Waals surface area contributed by atoms with Crippen molar-refractivity contribution in [2.24, 2.45) is 5.73 Å². The van der Waals surface area contributed by atoms with E-state index in [4.69, 9.17) is 10.5 Å². The van der Waals surface area contributed by atoms with Gasteiger partial charge in [0.2, 0.25) is 0 Å². The van der Waals surface area contributed by atoms with Gasteiger partial charge >= 0.3 is 5.97 Å². The third-order valence-corrected chi connectivity index (χ3v) is 3.21. The van der Waals surface area contributed by atoms with Crippen LogP contribution in [0.4, 0.5) is 0 Å². The summed E-state index contributed by atoms with van der Waals surface area (Å²) in [6.45, 7) is 12.1. The fourth-order valence-corrected chi connectivity index (χ4v) is 2.61. The molecular formula is C10H23NO2Si. The maximum absolute atomic E-state index is 11.5. The van der Waals surface area contributed by atoms with Gasteiger partial charge in [-0.05, 0) is 26.8 Å². The predicted octanol–water partition coefficient (Wildman–Crippen LogP) is 1.99. The SMILES string of the molecule is CC(C)(C)OC(=O)[C@@H](N)C[Si](C)(C)C. The van der Waals surface area contributed by atoms with Crippen molar-refractivity contribution in [3.05, 3.63) is 0 Å². The van der Waals surface area contributed by atoms with Crippen LogP contribution in [0.2, 0.25) is 25.7 Å². The molecule has 0 aliphatic heterocycles. The summed E-state index contributed by atoms with van der Waals surface area (Å²) in [5.74, 6) is -0.278. The van der Waals surface area contributed by atoms with Crippen LogP contribution in [0.15, 0.2) is 0 Å². The number of hydrogen-bond acceptors (Lipinski definition) is 3. The lowest BCUT2D eigenvalue weighted by molar-refractivity contribution is -0.155. The van der Waals surface area contributed by atoms with Crippen LogP contribution in [-0.2, 0) is 9.53 Å². The highest BCUT2D eigenvalue weighted by atomic mass is 28.3. The molecule has 0 aromatic carbocycles. The highest BCUT2D eigenvalue weighted by molar-refractivity contribution is 6.76. The Bertz CT molecular complexity index is 203. The first kappa shape index (κ1) is 13.6. The number of esters is 1. The molecule has 0 bridgehead atoms. The minimum Gasteiger partial charge on any atom is -0.459 e. The molecule has 0 aliphatic rings. The minimum atomic E-state index is -1.28. The molecule has 0 amide bonds. The fourth-order valence-electron chi connectivity index (χ4n) is 1.12. The van der Waals surface area contributed by atoms with Gasteiger partial charge in [0.15, 0.2) is 0 Å². The largest absolute Gasteiger partial charge is 0.459 e. The Balaban J connectivity index is 4.15. The normalized spacial score (nSPS) is 15.1. The van der Waals surface area contributed by atoms with E-state index < -0.39 is 19.7 Å². The summed E-state index contributed by atoms with van der Waals surface area (Å²) in [4.78, 5) is 11.5. The number of hydrogen-bond donors (Lipinski definition) is 1. The van der Waals surface area contributed by atoms with Crippen LogP contribution in [0.1, 0.15) is 20.8 Å². The second-order valence-corrected chi connectivity index (χ2v) is 11.4. The third-order valence-electron chi connectivity index (χ3n) is 1.54. The molecule has 1 atom stereocenters. The van der Waals surface area contributed by atoms with E-state index in [1.165, 1.54) is 0 Å². The number of carbonyl (C=O) groups is 1. The Hall–Kier alpha value is -0.353. The first-order chi connectivity index (χ1) is 6.01. The van der Waals surface area contributed by atoms with E-state index in [2.05, 4.69) is 19.6 Å². The van der Waals surface area contributed by atoms with E-state index in [1.54, 1.807) is 0 Å². The highest BCUT2D eigenvalue weighted by Crippen LogP contribution is 2.14. The first-order valence-corrected chi connectivity index (χ1v) is 8.70. The Morgan fingerprint density at radius 1 is 1.36 bits per heavy atom. The van der Waals surface area contributed by atoms with Crippen LogP contribution >= 0.6 is 0 Å². The van der Waals surface area contributed by atoms with Gasteiger partial charge in [-0.15, -0.1) is 0 Å². The number of carbonyl (C=O) groups excluding carboxylic acids is 1. The smallest absolute Gasteiger partial charge is 0.323 e. The number of ether oxygens (including phenoxy) is 1. The summed E-state index contributed by atoms with van der Waals surface area (Å²) in [5.41, 5.74) is 5.33. The van der Waals surface area contributed by atoms with E-state index in [9.17, 15) is 4.79 Å². The molecule has 14 heavy (non-hydrogen) atoms. The molecule has 0 unspecified atom stereocenters. The van der Waals surface area contributed by atoms with Crippen LogP contribution in [0.25, 0.3) is 0 Å². The standard InChI is InChI=1S/C10H23NO2Si/c1-10(2,3)13-9(12)8(11)7-14(4,5)6/h8H,7,11H2,1-6H3/t8-/m0/s1. The van der Waals surface area contributed by atoms with Crippen molar-refractivity contribution < 1.29 is 9.53 Å². The molecule has 0 saturated heterocycles. The topological polar surface area (TPSA) is 52.3 Å². The summed E-state index contributed by atoms with van der Waals surface area (Å²) < 4.78 is 5.20. The molecule has 0 aromatic rings. The van der Waals surface area contributed by atoms with Crippen molar-refractivity contribution in [2.75, 3.05) is 0 Å². The van der Waals surface area contributed by atoms with Crippen LogP contribution in [0, 0.1) is 0 Å². The van der Waals surface area contributed by atoms with Gasteiger partial charge in [-0.2, -0.15) is 0 Å². The second-order valence-electron chi connectivity index (χ2n) is 5.90. The molecule has 3 nitrogen and oxygen atoms in total. The molecule has 0 heterocycles. The van der Waals surface area contributed by atoms with Gasteiger partial charge in [0.25, 0.3) is 0 Å². The maximum atomic E-state index is 11.5. The van der Waals surface area contributed by atoms with Crippen molar-refractivity contribution in [2.45, 2.75) is 58.1 Å². The van der Waals surface area contributed by atoms with Crippen molar-refractivity contribution in [1.82, 2.24) is 0 Å². The predicted molar refractivity (Wildman–Crippen MR) is 62.0 cm³/mol. The minimum absolute atomic E-state index is 0.278. The van der Waals surface area contributed by atoms with Crippen molar-refractivity contribution in [3.8, 4) is 0 Å². The fraction of sp³-hybridized carbons (Fsp3) is 0.900. The summed E-state index contributed by atoms with van der Waals surface area (Å²) >= 11 is 0. The zero-order valence-electron chi connectivity index (χ0n) is 10.2. The molecule has 84 valence electrons. The van der Waals surface area contributed by atoms with Crippen molar-refractivity contribution in [3.63, 3.8) is 0 Å². The van der Waals surface area contributed by atoms with E-state index in [0.717, 1.165) is 6.04 Å². The molecule has 0 radical (unpaired) electrons. The lowest BCUT2D eigenvalue weighted by Gasteiger charge is -2.25. The van der Waals surface area contributed by atoms with Gasteiger partial charge in [-0.1, -0.05) is 19.6 Å². The zero-order chi connectivity index (χ0) is 11.6. The monoisotopic (exact) mass is 217 g/mol. The summed E-state index contributed by atoms with van der Waals surface area (Å²) in [6, 6.07) is 0.322. The van der Waals surface area contributed by atoms with Gasteiger partial charge in [0.05, 0.1) is 0 Å². The average molecular weight is 217 g/mol. The van der Waals surface area contributed by atoms with Crippen molar-refractivity contribution in [1.29, 1.82) is 0 Å². The zero-order valence-corrected chi connectivity index (χ0v) is 11.2. The summed E-state index contributed by atoms with van der Waals surface area (Å²) in [6.07, 6.45) is 0. The quantitative estimate of drug-likeness (QED) is 0.581. The summed E-state index contributed by atoms with van der Waals surface area (Å²) in [7, 11) is -1.28.